The van der Waals surface area contributed by atoms with Crippen molar-refractivity contribution in [3.05, 3.63) is 46.8 Å². The molecule has 0 unspecified atom stereocenters. The smallest absolute Gasteiger partial charge is 0.250 e. The Labute approximate surface area is 128 Å². The lowest BCUT2D eigenvalue weighted by Crippen LogP contribution is -2.22. The quantitative estimate of drug-likeness (QED) is 0.812. The van der Waals surface area contributed by atoms with Gasteiger partial charge in [0.25, 0.3) is 0 Å². The van der Waals surface area contributed by atoms with Crippen molar-refractivity contribution in [2.75, 3.05) is 13.7 Å². The summed E-state index contributed by atoms with van der Waals surface area (Å²) in [5, 5.41) is 0. The summed E-state index contributed by atoms with van der Waals surface area (Å²) in [5.41, 5.74) is 6.31. The number of nitrogens with two attached hydrogens (primary N) is 1. The molecule has 5 nitrogen and oxygen atoms in total. The second-order valence-electron chi connectivity index (χ2n) is 4.44. The summed E-state index contributed by atoms with van der Waals surface area (Å²) in [4.78, 5) is 0.972. The van der Waals surface area contributed by atoms with Crippen molar-refractivity contribution in [3.63, 3.8) is 0 Å². The van der Waals surface area contributed by atoms with Crippen molar-refractivity contribution >= 4 is 21.4 Å². The van der Waals surface area contributed by atoms with Crippen molar-refractivity contribution in [3.8, 4) is 5.75 Å². The summed E-state index contributed by atoms with van der Waals surface area (Å²) < 4.78 is 32.5. The lowest BCUT2D eigenvalue weighted by molar-refractivity contribution is 0.414. The SMILES string of the molecule is COc1cccc(CNS(=O)(=O)c2ccc(CCN)s2)c1. The number of sulfonamides is 1. The molecule has 0 aliphatic heterocycles. The van der Waals surface area contributed by atoms with E-state index in [9.17, 15) is 8.42 Å². The Hall–Kier alpha value is -1.41. The number of hydrogen-bond acceptors (Lipinski definition) is 5. The molecule has 0 saturated carbocycles. The molecular weight excluding hydrogens is 308 g/mol. The minimum atomic E-state index is -3.49. The lowest BCUT2D eigenvalue weighted by atomic mass is 10.2. The van der Waals surface area contributed by atoms with Gasteiger partial charge in [0.15, 0.2) is 0 Å². The number of thiophene rings is 1. The van der Waals surface area contributed by atoms with E-state index >= 15 is 0 Å². The molecule has 1 aromatic carbocycles. The lowest BCUT2D eigenvalue weighted by Gasteiger charge is -2.06. The van der Waals surface area contributed by atoms with Crippen LogP contribution in [0.5, 0.6) is 5.75 Å². The van der Waals surface area contributed by atoms with Gasteiger partial charge in [-0.05, 0) is 42.8 Å². The number of hydrogen-bond donors (Lipinski definition) is 2. The van der Waals surface area contributed by atoms with Gasteiger partial charge in [0, 0.05) is 11.4 Å². The summed E-state index contributed by atoms with van der Waals surface area (Å²) in [7, 11) is -1.91. The fourth-order valence-electron chi connectivity index (χ4n) is 1.81. The molecule has 0 bridgehead atoms. The molecule has 3 N–H and O–H groups in total. The van der Waals surface area contributed by atoms with Crippen LogP contribution in [0.2, 0.25) is 0 Å². The van der Waals surface area contributed by atoms with Crippen LogP contribution < -0.4 is 15.2 Å². The van der Waals surface area contributed by atoms with Gasteiger partial charge in [-0.15, -0.1) is 11.3 Å². The highest BCUT2D eigenvalue weighted by atomic mass is 32.2. The van der Waals surface area contributed by atoms with E-state index < -0.39 is 10.0 Å². The Morgan fingerprint density at radius 2 is 2.10 bits per heavy atom. The van der Waals surface area contributed by atoms with Crippen LogP contribution in [0.25, 0.3) is 0 Å². The molecule has 0 saturated heterocycles. The molecule has 0 fully saturated rings. The highest BCUT2D eigenvalue weighted by molar-refractivity contribution is 7.91. The van der Waals surface area contributed by atoms with E-state index in [0.717, 1.165) is 10.4 Å². The van der Waals surface area contributed by atoms with Crippen molar-refractivity contribution < 1.29 is 13.2 Å². The third-order valence-corrected chi connectivity index (χ3v) is 5.93. The van der Waals surface area contributed by atoms with Crippen molar-refractivity contribution in [1.29, 1.82) is 0 Å². The minimum absolute atomic E-state index is 0.226. The van der Waals surface area contributed by atoms with Gasteiger partial charge < -0.3 is 10.5 Å². The Balaban J connectivity index is 2.06. The summed E-state index contributed by atoms with van der Waals surface area (Å²) in [6, 6.07) is 10.7. The van der Waals surface area contributed by atoms with E-state index in [1.54, 1.807) is 25.3 Å². The van der Waals surface area contributed by atoms with Crippen LogP contribution in [0.1, 0.15) is 10.4 Å². The van der Waals surface area contributed by atoms with Gasteiger partial charge in [-0.2, -0.15) is 0 Å². The molecule has 2 rings (SSSR count). The predicted molar refractivity (Wildman–Crippen MR) is 84.1 cm³/mol. The van der Waals surface area contributed by atoms with Crippen LogP contribution in [0.3, 0.4) is 0 Å². The second kappa shape index (κ2) is 7.04. The number of methoxy groups -OCH3 is 1. The molecule has 1 heterocycles. The number of benzene rings is 1. The Morgan fingerprint density at radius 1 is 1.29 bits per heavy atom. The van der Waals surface area contributed by atoms with Gasteiger partial charge in [0.1, 0.15) is 9.96 Å². The minimum Gasteiger partial charge on any atom is -0.497 e. The zero-order chi connectivity index (χ0) is 15.3. The molecule has 114 valence electrons. The van der Waals surface area contributed by atoms with Crippen LogP contribution in [0.4, 0.5) is 0 Å². The average Bonchev–Trinajstić information content (AvgIpc) is 2.95. The fraction of sp³-hybridized carbons (Fsp3) is 0.286. The third-order valence-electron chi connectivity index (χ3n) is 2.89. The van der Waals surface area contributed by atoms with Crippen LogP contribution in [0.15, 0.2) is 40.6 Å². The maximum Gasteiger partial charge on any atom is 0.250 e. The van der Waals surface area contributed by atoms with E-state index in [0.29, 0.717) is 22.9 Å². The summed E-state index contributed by atoms with van der Waals surface area (Å²) in [5.74, 6) is 0.702. The normalized spacial score (nSPS) is 11.5. The molecule has 0 radical (unpaired) electrons. The number of ether oxygens (including phenoxy) is 1. The Kier molecular flexibility index (Phi) is 5.35. The maximum atomic E-state index is 12.2. The van der Waals surface area contributed by atoms with Gasteiger partial charge in [-0.3, -0.25) is 0 Å². The second-order valence-corrected chi connectivity index (χ2v) is 7.60. The van der Waals surface area contributed by atoms with Gasteiger partial charge in [-0.25, -0.2) is 13.1 Å². The van der Waals surface area contributed by atoms with E-state index in [1.807, 2.05) is 18.2 Å². The first-order chi connectivity index (χ1) is 10.0. The van der Waals surface area contributed by atoms with E-state index in [4.69, 9.17) is 10.5 Å². The van der Waals surface area contributed by atoms with Crippen LogP contribution in [0, 0.1) is 0 Å². The highest BCUT2D eigenvalue weighted by Crippen LogP contribution is 2.22. The molecule has 0 aliphatic rings. The standard InChI is InChI=1S/C14H18N2O3S2/c1-19-12-4-2-3-11(9-12)10-16-21(17,18)14-6-5-13(20-14)7-8-15/h2-6,9,16H,7-8,10,15H2,1H3. The zero-order valence-corrected chi connectivity index (χ0v) is 13.3. The molecule has 7 heteroatoms. The average molecular weight is 326 g/mol. The molecule has 0 atom stereocenters. The highest BCUT2D eigenvalue weighted by Gasteiger charge is 2.16. The van der Waals surface area contributed by atoms with Crippen molar-refractivity contribution in [1.82, 2.24) is 4.72 Å². The van der Waals surface area contributed by atoms with E-state index in [1.165, 1.54) is 11.3 Å². The third kappa shape index (κ3) is 4.28. The molecule has 0 aliphatic carbocycles. The molecule has 21 heavy (non-hydrogen) atoms. The van der Waals surface area contributed by atoms with Gasteiger partial charge in [0.05, 0.1) is 7.11 Å². The molecule has 0 spiro atoms. The van der Waals surface area contributed by atoms with Crippen molar-refractivity contribution in [2.45, 2.75) is 17.2 Å². The number of nitrogens with one attached hydrogen (secondary N) is 1. The maximum absolute atomic E-state index is 12.2. The summed E-state index contributed by atoms with van der Waals surface area (Å²) >= 11 is 1.25. The monoisotopic (exact) mass is 326 g/mol. The van der Waals surface area contributed by atoms with Crippen molar-refractivity contribution in [2.24, 2.45) is 5.73 Å². The van der Waals surface area contributed by atoms with Crippen LogP contribution in [-0.2, 0) is 23.0 Å². The van der Waals surface area contributed by atoms with Crippen LogP contribution in [-0.4, -0.2) is 22.1 Å². The Morgan fingerprint density at radius 3 is 2.81 bits per heavy atom. The fourth-order valence-corrected chi connectivity index (χ4v) is 4.24. The predicted octanol–water partition coefficient (Wildman–Crippen LogP) is 1.74. The largest absolute Gasteiger partial charge is 0.497 e. The molecule has 1 aromatic heterocycles. The molecule has 2 aromatic rings. The zero-order valence-electron chi connectivity index (χ0n) is 11.7. The summed E-state index contributed by atoms with van der Waals surface area (Å²) in [6.45, 7) is 0.737. The Bertz CT molecular complexity index is 696. The first-order valence-corrected chi connectivity index (χ1v) is 8.76. The van der Waals surface area contributed by atoms with Gasteiger partial charge in [-0.1, -0.05) is 12.1 Å². The number of rotatable bonds is 7. The first kappa shape index (κ1) is 16.0. The van der Waals surface area contributed by atoms with E-state index in [2.05, 4.69) is 4.72 Å². The van der Waals surface area contributed by atoms with Gasteiger partial charge in [0.2, 0.25) is 10.0 Å². The van der Waals surface area contributed by atoms with Crippen LogP contribution >= 0.6 is 11.3 Å². The van der Waals surface area contributed by atoms with E-state index in [-0.39, 0.29) is 6.54 Å². The van der Waals surface area contributed by atoms with Gasteiger partial charge >= 0.3 is 0 Å². The molecule has 0 amide bonds. The first-order valence-electron chi connectivity index (χ1n) is 6.46. The topological polar surface area (TPSA) is 81.4 Å². The summed E-state index contributed by atoms with van der Waals surface area (Å²) in [6.07, 6.45) is 0.691. The molecular formula is C14H18N2O3S2.